The molecule has 5 heteroatoms. The van der Waals surface area contributed by atoms with Gasteiger partial charge in [0.1, 0.15) is 0 Å². The number of hydrogen-bond acceptors (Lipinski definition) is 2. The van der Waals surface area contributed by atoms with E-state index in [-0.39, 0.29) is 6.04 Å². The summed E-state index contributed by atoms with van der Waals surface area (Å²) in [5, 5.41) is 9.66. The quantitative estimate of drug-likeness (QED) is 0.771. The van der Waals surface area contributed by atoms with Crippen molar-refractivity contribution in [1.29, 1.82) is 0 Å². The number of rotatable bonds is 4. The molecule has 1 unspecified atom stereocenters. The van der Waals surface area contributed by atoms with E-state index in [1.165, 1.54) is 11.3 Å². The topological polar surface area (TPSA) is 45.6 Å². The minimum absolute atomic E-state index is 0.223. The second kappa shape index (κ2) is 5.54. The molecule has 3 rings (SSSR count). The highest BCUT2D eigenvalue weighted by Crippen LogP contribution is 2.27. The Morgan fingerprint density at radius 3 is 2.81 bits per heavy atom. The fourth-order valence-corrected chi connectivity index (χ4v) is 2.87. The van der Waals surface area contributed by atoms with Crippen molar-refractivity contribution in [3.63, 3.8) is 0 Å². The largest absolute Gasteiger partial charge is 0.356 e. The molecule has 0 radical (unpaired) electrons. The van der Waals surface area contributed by atoms with E-state index in [1.54, 1.807) is 0 Å². The molecule has 2 N–H and O–H groups in total. The van der Waals surface area contributed by atoms with E-state index in [9.17, 15) is 0 Å². The van der Waals surface area contributed by atoms with Gasteiger partial charge in [-0.15, -0.1) is 0 Å². The molecule has 1 atom stereocenters. The highest BCUT2D eigenvalue weighted by atomic mass is 35.5. The Balaban J connectivity index is 1.77. The second-order valence-corrected chi connectivity index (χ2v) is 5.75. The van der Waals surface area contributed by atoms with Crippen molar-refractivity contribution in [1.82, 2.24) is 20.1 Å². The van der Waals surface area contributed by atoms with Gasteiger partial charge >= 0.3 is 0 Å². The molecule has 2 heterocycles. The van der Waals surface area contributed by atoms with Gasteiger partial charge in [0.05, 0.1) is 11.2 Å². The van der Waals surface area contributed by atoms with E-state index in [4.69, 9.17) is 11.6 Å². The lowest BCUT2D eigenvalue weighted by molar-refractivity contribution is 0.565. The van der Waals surface area contributed by atoms with E-state index in [1.807, 2.05) is 42.2 Å². The summed E-state index contributed by atoms with van der Waals surface area (Å²) >= 11 is 6.43. The van der Waals surface area contributed by atoms with Gasteiger partial charge in [0.2, 0.25) is 0 Å². The molecule has 0 bridgehead atoms. The Morgan fingerprint density at radius 2 is 2.14 bits per heavy atom. The van der Waals surface area contributed by atoms with Crippen molar-refractivity contribution in [2.24, 2.45) is 7.05 Å². The summed E-state index contributed by atoms with van der Waals surface area (Å²) in [5.74, 6) is 0. The van der Waals surface area contributed by atoms with Gasteiger partial charge in [0.15, 0.2) is 0 Å². The normalized spacial score (nSPS) is 13.0. The number of aryl methyl sites for hydroxylation is 1. The molecule has 0 aliphatic carbocycles. The number of fused-ring (bicyclic) bond motifs is 1. The Bertz CT molecular complexity index is 772. The highest BCUT2D eigenvalue weighted by Gasteiger charge is 2.14. The maximum Gasteiger partial charge on any atom is 0.0705 e. The minimum Gasteiger partial charge on any atom is -0.356 e. The van der Waals surface area contributed by atoms with Crippen LogP contribution in [0.4, 0.5) is 0 Å². The third-order valence-electron chi connectivity index (χ3n) is 4.04. The number of nitrogens with zero attached hydrogens (tertiary/aromatic N) is 2. The molecule has 3 aromatic rings. The molecule has 0 spiro atoms. The van der Waals surface area contributed by atoms with Crippen LogP contribution in [-0.2, 0) is 13.6 Å². The number of nitrogens with one attached hydrogen (secondary N) is 2. The number of benzene rings is 1. The van der Waals surface area contributed by atoms with Crippen molar-refractivity contribution < 1.29 is 0 Å². The van der Waals surface area contributed by atoms with Crippen LogP contribution in [0.2, 0.25) is 5.02 Å². The van der Waals surface area contributed by atoms with Gasteiger partial charge in [-0.3, -0.25) is 4.68 Å². The number of halogens is 1. The van der Waals surface area contributed by atoms with Crippen LogP contribution in [0.15, 0.2) is 30.5 Å². The molecular formula is C16H19ClN4. The average molecular weight is 303 g/mol. The lowest BCUT2D eigenvalue weighted by Gasteiger charge is -2.13. The number of para-hydroxylation sites is 1. The zero-order valence-corrected chi connectivity index (χ0v) is 13.2. The predicted molar refractivity (Wildman–Crippen MR) is 86.5 cm³/mol. The number of H-pyrrole nitrogens is 1. The summed E-state index contributed by atoms with van der Waals surface area (Å²) in [5.41, 5.74) is 4.48. The summed E-state index contributed by atoms with van der Waals surface area (Å²) in [7, 11) is 1.96. The van der Waals surface area contributed by atoms with Crippen molar-refractivity contribution in [2.45, 2.75) is 26.4 Å². The van der Waals surface area contributed by atoms with Gasteiger partial charge < -0.3 is 10.3 Å². The Morgan fingerprint density at radius 1 is 1.38 bits per heavy atom. The second-order valence-electron chi connectivity index (χ2n) is 5.37. The first-order valence-corrected chi connectivity index (χ1v) is 7.42. The lowest BCUT2D eigenvalue weighted by Crippen LogP contribution is -2.19. The zero-order valence-electron chi connectivity index (χ0n) is 12.4. The first-order chi connectivity index (χ1) is 10.1. The maximum absolute atomic E-state index is 6.43. The van der Waals surface area contributed by atoms with Gasteiger partial charge in [-0.05, 0) is 19.9 Å². The summed E-state index contributed by atoms with van der Waals surface area (Å²) < 4.78 is 1.89. The third kappa shape index (κ3) is 2.57. The standard InChI is InChI=1S/C16H19ClN4/c1-10(13-8-19-21(3)11(13)2)18-9-15-16(17)12-6-4-5-7-14(12)20-15/h4-8,10,18,20H,9H2,1-3H3. The van der Waals surface area contributed by atoms with Gasteiger partial charge in [-0.1, -0.05) is 29.8 Å². The molecule has 0 aliphatic rings. The van der Waals surface area contributed by atoms with Gasteiger partial charge in [0, 0.05) is 47.5 Å². The maximum atomic E-state index is 6.43. The van der Waals surface area contributed by atoms with Gasteiger partial charge in [-0.25, -0.2) is 0 Å². The number of hydrogen-bond donors (Lipinski definition) is 2. The van der Waals surface area contributed by atoms with Crippen LogP contribution in [-0.4, -0.2) is 14.8 Å². The Kier molecular flexibility index (Phi) is 3.74. The molecule has 0 saturated heterocycles. The minimum atomic E-state index is 0.223. The zero-order chi connectivity index (χ0) is 15.0. The molecule has 0 fully saturated rings. The Hall–Kier alpha value is -1.78. The third-order valence-corrected chi connectivity index (χ3v) is 4.47. The van der Waals surface area contributed by atoms with Crippen molar-refractivity contribution >= 4 is 22.5 Å². The van der Waals surface area contributed by atoms with E-state index in [0.717, 1.165) is 21.6 Å². The van der Waals surface area contributed by atoms with Crippen LogP contribution in [0.1, 0.15) is 29.9 Å². The highest BCUT2D eigenvalue weighted by molar-refractivity contribution is 6.36. The van der Waals surface area contributed by atoms with Crippen molar-refractivity contribution in [3.05, 3.63) is 52.4 Å². The first kappa shape index (κ1) is 14.2. The molecular weight excluding hydrogens is 284 g/mol. The van der Waals surface area contributed by atoms with Gasteiger partial charge in [0.25, 0.3) is 0 Å². The molecule has 0 amide bonds. The summed E-state index contributed by atoms with van der Waals surface area (Å²) in [6.45, 7) is 4.92. The smallest absolute Gasteiger partial charge is 0.0705 e. The summed E-state index contributed by atoms with van der Waals surface area (Å²) in [4.78, 5) is 3.38. The SMILES string of the molecule is Cc1c(C(C)NCc2[nH]c3ccccc3c2Cl)cnn1C. The van der Waals surface area contributed by atoms with Crippen LogP contribution in [0, 0.1) is 6.92 Å². The molecule has 110 valence electrons. The van der Waals surface area contributed by atoms with Gasteiger partial charge in [-0.2, -0.15) is 5.10 Å². The van der Waals surface area contributed by atoms with Crippen LogP contribution < -0.4 is 5.32 Å². The molecule has 2 aromatic heterocycles. The van der Waals surface area contributed by atoms with E-state index in [0.29, 0.717) is 6.54 Å². The molecule has 4 nitrogen and oxygen atoms in total. The van der Waals surface area contributed by atoms with Crippen molar-refractivity contribution in [2.75, 3.05) is 0 Å². The summed E-state index contributed by atoms with van der Waals surface area (Å²) in [6, 6.07) is 8.31. The lowest BCUT2D eigenvalue weighted by atomic mass is 10.1. The number of aromatic amines is 1. The van der Waals surface area contributed by atoms with E-state index < -0.39 is 0 Å². The van der Waals surface area contributed by atoms with Crippen LogP contribution in [0.5, 0.6) is 0 Å². The number of aromatic nitrogens is 3. The Labute approximate surface area is 129 Å². The van der Waals surface area contributed by atoms with Crippen LogP contribution in [0.3, 0.4) is 0 Å². The average Bonchev–Trinajstić information content (AvgIpc) is 2.99. The first-order valence-electron chi connectivity index (χ1n) is 7.05. The fourth-order valence-electron chi connectivity index (χ4n) is 2.59. The monoisotopic (exact) mass is 302 g/mol. The summed E-state index contributed by atoms with van der Waals surface area (Å²) in [6.07, 6.45) is 1.92. The molecule has 21 heavy (non-hydrogen) atoms. The molecule has 0 aliphatic heterocycles. The fraction of sp³-hybridized carbons (Fsp3) is 0.312. The molecule has 1 aromatic carbocycles. The molecule has 0 saturated carbocycles. The van der Waals surface area contributed by atoms with Crippen LogP contribution in [0.25, 0.3) is 10.9 Å². The van der Waals surface area contributed by atoms with E-state index in [2.05, 4.69) is 29.2 Å². The predicted octanol–water partition coefficient (Wildman–Crippen LogP) is 3.71. The van der Waals surface area contributed by atoms with Crippen molar-refractivity contribution in [3.8, 4) is 0 Å². The van der Waals surface area contributed by atoms with Crippen LogP contribution >= 0.6 is 11.6 Å². The van der Waals surface area contributed by atoms with E-state index >= 15 is 0 Å².